The highest BCUT2D eigenvalue weighted by Crippen LogP contribution is 2.30. The molecule has 2 rings (SSSR count). The maximum absolute atomic E-state index is 10.7. The summed E-state index contributed by atoms with van der Waals surface area (Å²) in [6.07, 6.45) is 2.94. The summed E-state index contributed by atoms with van der Waals surface area (Å²) in [5.74, 6) is 0.438. The van der Waals surface area contributed by atoms with Gasteiger partial charge in [0.05, 0.1) is 17.2 Å². The first-order valence-electron chi connectivity index (χ1n) is 4.50. The van der Waals surface area contributed by atoms with Crippen molar-refractivity contribution in [3.05, 3.63) is 29.3 Å². The average Bonchev–Trinajstić information content (AvgIpc) is 3.02. The van der Waals surface area contributed by atoms with Crippen molar-refractivity contribution in [3.8, 4) is 11.8 Å². The molecule has 0 atom stereocenters. The van der Waals surface area contributed by atoms with Gasteiger partial charge in [0.15, 0.2) is 6.29 Å². The number of hydrogen-bond donors (Lipinski definition) is 0. The maximum Gasteiger partial charge on any atom is 0.153 e. The Hall–Kier alpha value is -1.82. The molecule has 0 saturated heterocycles. The number of carbonyl (C=O) groups excluding carboxylic acids is 1. The molecule has 0 spiro atoms. The zero-order valence-corrected chi connectivity index (χ0v) is 7.56. The standard InChI is InChI=1S/C11H9NO2/c12-6-8-2-1-3-9(7-13)11(8)14-10-4-5-10/h1-3,7,10H,4-5H2. The molecule has 3 nitrogen and oxygen atoms in total. The van der Waals surface area contributed by atoms with Crippen molar-refractivity contribution in [2.45, 2.75) is 18.9 Å². The van der Waals surface area contributed by atoms with E-state index in [0.29, 0.717) is 16.9 Å². The molecule has 0 heterocycles. The first kappa shape index (κ1) is 8.76. The van der Waals surface area contributed by atoms with E-state index in [0.717, 1.165) is 19.1 Å². The fourth-order valence-corrected chi connectivity index (χ4v) is 1.22. The SMILES string of the molecule is N#Cc1cccc(C=O)c1OC1CC1. The molecule has 0 aliphatic heterocycles. The lowest BCUT2D eigenvalue weighted by molar-refractivity contribution is 0.111. The largest absolute Gasteiger partial charge is 0.488 e. The van der Waals surface area contributed by atoms with Crippen LogP contribution in [0, 0.1) is 11.3 Å². The van der Waals surface area contributed by atoms with Gasteiger partial charge in [0.1, 0.15) is 11.8 Å². The topological polar surface area (TPSA) is 50.1 Å². The normalized spacial score (nSPS) is 14.5. The Bertz CT molecular complexity index is 402. The fourth-order valence-electron chi connectivity index (χ4n) is 1.22. The van der Waals surface area contributed by atoms with E-state index < -0.39 is 0 Å². The van der Waals surface area contributed by atoms with E-state index in [4.69, 9.17) is 10.00 Å². The predicted molar refractivity (Wildman–Crippen MR) is 50.2 cm³/mol. The molecule has 0 unspecified atom stereocenters. The van der Waals surface area contributed by atoms with Crippen molar-refractivity contribution in [2.75, 3.05) is 0 Å². The van der Waals surface area contributed by atoms with Crippen molar-refractivity contribution < 1.29 is 9.53 Å². The van der Waals surface area contributed by atoms with Crippen LogP contribution in [-0.2, 0) is 0 Å². The van der Waals surface area contributed by atoms with Crippen molar-refractivity contribution in [1.82, 2.24) is 0 Å². The maximum atomic E-state index is 10.7. The van der Waals surface area contributed by atoms with E-state index in [1.54, 1.807) is 18.2 Å². The highest BCUT2D eigenvalue weighted by atomic mass is 16.5. The van der Waals surface area contributed by atoms with E-state index in [1.807, 2.05) is 6.07 Å². The Morgan fingerprint density at radius 1 is 1.50 bits per heavy atom. The van der Waals surface area contributed by atoms with Gasteiger partial charge in [-0.3, -0.25) is 4.79 Å². The monoisotopic (exact) mass is 187 g/mol. The summed E-state index contributed by atoms with van der Waals surface area (Å²) in [6, 6.07) is 7.02. The molecule has 0 radical (unpaired) electrons. The lowest BCUT2D eigenvalue weighted by Crippen LogP contribution is -2.01. The molecule has 3 heteroatoms. The van der Waals surface area contributed by atoms with Crippen LogP contribution in [0.1, 0.15) is 28.8 Å². The third-order valence-corrected chi connectivity index (χ3v) is 2.10. The molecular formula is C11H9NO2. The van der Waals surface area contributed by atoms with Crippen LogP contribution in [0.15, 0.2) is 18.2 Å². The number of hydrogen-bond acceptors (Lipinski definition) is 3. The zero-order valence-electron chi connectivity index (χ0n) is 7.56. The number of nitrogens with zero attached hydrogens (tertiary/aromatic N) is 1. The Morgan fingerprint density at radius 2 is 2.29 bits per heavy atom. The smallest absolute Gasteiger partial charge is 0.153 e. The van der Waals surface area contributed by atoms with Crippen LogP contribution >= 0.6 is 0 Å². The second-order valence-electron chi connectivity index (χ2n) is 3.27. The molecule has 1 aliphatic carbocycles. The zero-order chi connectivity index (χ0) is 9.97. The minimum absolute atomic E-state index is 0.197. The van der Waals surface area contributed by atoms with Gasteiger partial charge >= 0.3 is 0 Å². The van der Waals surface area contributed by atoms with Crippen molar-refractivity contribution >= 4 is 6.29 Å². The number of carbonyl (C=O) groups is 1. The highest BCUT2D eigenvalue weighted by molar-refractivity contribution is 5.81. The molecule has 1 aliphatic rings. The summed E-state index contributed by atoms with van der Waals surface area (Å²) in [6.45, 7) is 0. The molecule has 0 aromatic heterocycles. The van der Waals surface area contributed by atoms with Crippen LogP contribution in [-0.4, -0.2) is 12.4 Å². The molecule has 0 amide bonds. The summed E-state index contributed by atoms with van der Waals surface area (Å²) >= 11 is 0. The number of rotatable bonds is 3. The van der Waals surface area contributed by atoms with Crippen LogP contribution in [0.3, 0.4) is 0 Å². The second kappa shape index (κ2) is 3.51. The molecule has 0 N–H and O–H groups in total. The van der Waals surface area contributed by atoms with Crippen LogP contribution < -0.4 is 4.74 Å². The van der Waals surface area contributed by atoms with E-state index >= 15 is 0 Å². The van der Waals surface area contributed by atoms with Crippen LogP contribution in [0.5, 0.6) is 5.75 Å². The quantitative estimate of drug-likeness (QED) is 0.679. The third kappa shape index (κ3) is 1.60. The third-order valence-electron chi connectivity index (χ3n) is 2.10. The number of aldehydes is 1. The highest BCUT2D eigenvalue weighted by Gasteiger charge is 2.25. The van der Waals surface area contributed by atoms with Gasteiger partial charge < -0.3 is 4.74 Å². The van der Waals surface area contributed by atoms with Gasteiger partial charge in [0, 0.05) is 0 Å². The van der Waals surface area contributed by atoms with Crippen molar-refractivity contribution in [3.63, 3.8) is 0 Å². The van der Waals surface area contributed by atoms with Gasteiger partial charge in [0.25, 0.3) is 0 Å². The second-order valence-corrected chi connectivity index (χ2v) is 3.27. The molecule has 1 aromatic rings. The lowest BCUT2D eigenvalue weighted by atomic mass is 10.1. The Morgan fingerprint density at radius 3 is 2.86 bits per heavy atom. The van der Waals surface area contributed by atoms with Crippen LogP contribution in [0.25, 0.3) is 0 Å². The van der Waals surface area contributed by atoms with E-state index in [9.17, 15) is 4.79 Å². The van der Waals surface area contributed by atoms with Gasteiger partial charge in [-0.05, 0) is 25.0 Å². The van der Waals surface area contributed by atoms with E-state index in [1.165, 1.54) is 0 Å². The lowest BCUT2D eigenvalue weighted by Gasteiger charge is -2.08. The molecular weight excluding hydrogens is 178 g/mol. The average molecular weight is 187 g/mol. The number of para-hydroxylation sites is 1. The summed E-state index contributed by atoms with van der Waals surface area (Å²) in [7, 11) is 0. The minimum atomic E-state index is 0.197. The Kier molecular flexibility index (Phi) is 2.19. The van der Waals surface area contributed by atoms with E-state index in [2.05, 4.69) is 0 Å². The molecule has 70 valence electrons. The summed E-state index contributed by atoms with van der Waals surface area (Å²) in [5, 5.41) is 8.83. The van der Waals surface area contributed by atoms with Gasteiger partial charge in [-0.15, -0.1) is 0 Å². The van der Waals surface area contributed by atoms with Gasteiger partial charge in [0.2, 0.25) is 0 Å². The minimum Gasteiger partial charge on any atom is -0.488 e. The summed E-state index contributed by atoms with van der Waals surface area (Å²) in [4.78, 5) is 10.7. The number of nitriles is 1. The van der Waals surface area contributed by atoms with E-state index in [-0.39, 0.29) is 6.10 Å². The van der Waals surface area contributed by atoms with Gasteiger partial charge in [-0.2, -0.15) is 5.26 Å². The van der Waals surface area contributed by atoms with Crippen LogP contribution in [0.4, 0.5) is 0 Å². The molecule has 0 bridgehead atoms. The fraction of sp³-hybridized carbons (Fsp3) is 0.273. The summed E-state index contributed by atoms with van der Waals surface area (Å²) in [5.41, 5.74) is 0.887. The Balaban J connectivity index is 2.40. The van der Waals surface area contributed by atoms with Gasteiger partial charge in [-0.25, -0.2) is 0 Å². The molecule has 1 aromatic carbocycles. The molecule has 14 heavy (non-hydrogen) atoms. The molecule has 1 saturated carbocycles. The van der Waals surface area contributed by atoms with Crippen molar-refractivity contribution in [2.24, 2.45) is 0 Å². The van der Waals surface area contributed by atoms with Crippen LogP contribution in [0.2, 0.25) is 0 Å². The first-order chi connectivity index (χ1) is 6.85. The molecule has 1 fully saturated rings. The Labute approximate surface area is 81.9 Å². The number of ether oxygens (including phenoxy) is 1. The summed E-state index contributed by atoms with van der Waals surface area (Å²) < 4.78 is 5.52. The van der Waals surface area contributed by atoms with Crippen molar-refractivity contribution in [1.29, 1.82) is 5.26 Å². The predicted octanol–water partition coefficient (Wildman–Crippen LogP) is 1.91. The first-order valence-corrected chi connectivity index (χ1v) is 4.50. The number of benzene rings is 1. The van der Waals surface area contributed by atoms with Gasteiger partial charge in [-0.1, -0.05) is 6.07 Å².